The van der Waals surface area contributed by atoms with Crippen LogP contribution in [0.3, 0.4) is 0 Å². The minimum Gasteiger partial charge on any atom is -0.506 e. The molecule has 1 aromatic carbocycles. The lowest BCUT2D eigenvalue weighted by Crippen LogP contribution is -2.45. The molecular formula is C16H26Cl2I2N2O. The molecule has 0 radical (unpaired) electrons. The number of halogens is 4. The van der Waals surface area contributed by atoms with Crippen LogP contribution in [0.25, 0.3) is 0 Å². The van der Waals surface area contributed by atoms with Gasteiger partial charge in [0.25, 0.3) is 0 Å². The summed E-state index contributed by atoms with van der Waals surface area (Å²) in [5.74, 6) is 1.17. The van der Waals surface area contributed by atoms with Crippen molar-refractivity contribution in [1.82, 2.24) is 10.2 Å². The van der Waals surface area contributed by atoms with Gasteiger partial charge in [0.2, 0.25) is 0 Å². The van der Waals surface area contributed by atoms with Crippen molar-refractivity contribution in [1.29, 1.82) is 0 Å². The molecule has 23 heavy (non-hydrogen) atoms. The highest BCUT2D eigenvalue weighted by Crippen LogP contribution is 2.37. The lowest BCUT2D eigenvalue weighted by molar-refractivity contribution is 0.157. The summed E-state index contributed by atoms with van der Waals surface area (Å²) in [6, 6.07) is 4.53. The Morgan fingerprint density at radius 3 is 2.30 bits per heavy atom. The van der Waals surface area contributed by atoms with Gasteiger partial charge >= 0.3 is 0 Å². The summed E-state index contributed by atoms with van der Waals surface area (Å²) in [4.78, 5) is 2.53. The normalized spacial score (nSPS) is 16.6. The number of nitrogens with one attached hydrogen (secondary N) is 1. The molecule has 1 atom stereocenters. The molecule has 0 bridgehead atoms. The zero-order valence-electron chi connectivity index (χ0n) is 13.5. The molecule has 3 nitrogen and oxygen atoms in total. The van der Waals surface area contributed by atoms with E-state index in [9.17, 15) is 5.11 Å². The van der Waals surface area contributed by atoms with Crippen LogP contribution in [-0.2, 0) is 0 Å². The van der Waals surface area contributed by atoms with Gasteiger partial charge < -0.3 is 10.4 Å². The van der Waals surface area contributed by atoms with Crippen LogP contribution in [0, 0.1) is 13.1 Å². The third-order valence-electron chi connectivity index (χ3n) is 4.03. The van der Waals surface area contributed by atoms with E-state index in [1.165, 1.54) is 9.99 Å². The fourth-order valence-electron chi connectivity index (χ4n) is 2.86. The summed E-state index contributed by atoms with van der Waals surface area (Å²) in [6.45, 7) is 8.74. The van der Waals surface area contributed by atoms with E-state index in [0.717, 1.165) is 41.7 Å². The Hall–Kier alpha value is 0.980. The highest BCUT2D eigenvalue weighted by atomic mass is 127. The summed E-state index contributed by atoms with van der Waals surface area (Å²) in [5, 5.41) is 14.0. The fourth-order valence-corrected chi connectivity index (χ4v) is 4.75. The van der Waals surface area contributed by atoms with Crippen LogP contribution < -0.4 is 5.32 Å². The summed E-state index contributed by atoms with van der Waals surface area (Å²) in [7, 11) is 0. The molecule has 1 fully saturated rings. The summed E-state index contributed by atoms with van der Waals surface area (Å²) >= 11 is 4.58. The quantitative estimate of drug-likeness (QED) is 0.486. The first-order valence-electron chi connectivity index (χ1n) is 7.61. The first-order chi connectivity index (χ1) is 9.99. The van der Waals surface area contributed by atoms with Crippen molar-refractivity contribution in [3.8, 4) is 5.75 Å². The molecular weight excluding hydrogens is 561 g/mol. The predicted molar refractivity (Wildman–Crippen MR) is 119 cm³/mol. The molecule has 1 aliphatic heterocycles. The second-order valence-corrected chi connectivity index (χ2v) is 8.51. The van der Waals surface area contributed by atoms with Gasteiger partial charge in [-0.05, 0) is 76.1 Å². The van der Waals surface area contributed by atoms with Gasteiger partial charge in [-0.15, -0.1) is 24.8 Å². The van der Waals surface area contributed by atoms with Crippen LogP contribution in [0.5, 0.6) is 5.75 Å². The number of hydrogen-bond donors (Lipinski definition) is 2. The molecule has 0 unspecified atom stereocenters. The second-order valence-electron chi connectivity index (χ2n) is 6.10. The van der Waals surface area contributed by atoms with E-state index < -0.39 is 0 Å². The maximum atomic E-state index is 10.5. The number of benzene rings is 1. The fraction of sp³-hybridized carbons (Fsp3) is 0.625. The Morgan fingerprint density at radius 1 is 1.13 bits per heavy atom. The van der Waals surface area contributed by atoms with Crippen molar-refractivity contribution in [2.75, 3.05) is 26.2 Å². The van der Waals surface area contributed by atoms with E-state index in [4.69, 9.17) is 0 Å². The average molecular weight is 587 g/mol. The van der Waals surface area contributed by atoms with Crippen LogP contribution in [-0.4, -0.2) is 36.2 Å². The van der Waals surface area contributed by atoms with E-state index in [1.54, 1.807) is 0 Å². The number of phenolic OH excluding ortho intramolecular Hbond substituents is 1. The van der Waals surface area contributed by atoms with Crippen LogP contribution in [0.2, 0.25) is 0 Å². The van der Waals surface area contributed by atoms with Crippen molar-refractivity contribution >= 4 is 70.0 Å². The van der Waals surface area contributed by atoms with Crippen LogP contribution in [0.4, 0.5) is 0 Å². The standard InChI is InChI=1S/C16H24I2N2O.2ClH/c1-11(2)3-4-15(20-7-5-19-6-8-20)13-9-12(17)10-14(18)16(13)21;;/h9-11,15,19,21H,3-8H2,1-2H3;2*1H/t15-;;/m1../s1. The first kappa shape index (κ1) is 24.0. The maximum absolute atomic E-state index is 10.5. The van der Waals surface area contributed by atoms with Gasteiger partial charge in [0.05, 0.1) is 3.57 Å². The summed E-state index contributed by atoms with van der Waals surface area (Å²) in [6.07, 6.45) is 2.30. The monoisotopic (exact) mass is 586 g/mol. The zero-order valence-corrected chi connectivity index (χ0v) is 19.5. The number of hydrogen-bond acceptors (Lipinski definition) is 3. The maximum Gasteiger partial charge on any atom is 0.133 e. The Bertz CT molecular complexity index is 483. The van der Waals surface area contributed by atoms with Crippen LogP contribution in [0.1, 0.15) is 38.3 Å². The molecule has 0 amide bonds. The minimum absolute atomic E-state index is 0. The molecule has 0 spiro atoms. The van der Waals surface area contributed by atoms with Crippen molar-refractivity contribution in [3.05, 3.63) is 24.8 Å². The molecule has 0 aliphatic carbocycles. The molecule has 7 heteroatoms. The van der Waals surface area contributed by atoms with Crippen molar-refractivity contribution in [2.24, 2.45) is 5.92 Å². The van der Waals surface area contributed by atoms with E-state index in [1.807, 2.05) is 6.07 Å². The Kier molecular flexibility index (Phi) is 12.1. The largest absolute Gasteiger partial charge is 0.506 e. The lowest BCUT2D eigenvalue weighted by atomic mass is 9.95. The Balaban J connectivity index is 0.00000242. The van der Waals surface area contributed by atoms with Crippen molar-refractivity contribution in [2.45, 2.75) is 32.7 Å². The second kappa shape index (κ2) is 11.6. The van der Waals surface area contributed by atoms with Crippen LogP contribution >= 0.6 is 70.0 Å². The van der Waals surface area contributed by atoms with Gasteiger partial charge in [0, 0.05) is 41.4 Å². The number of piperazine rings is 1. The number of phenols is 1. The molecule has 134 valence electrons. The number of rotatable bonds is 5. The third kappa shape index (κ3) is 7.01. The minimum atomic E-state index is 0. The Labute approximate surface area is 179 Å². The summed E-state index contributed by atoms with van der Waals surface area (Å²) in [5.41, 5.74) is 1.11. The topological polar surface area (TPSA) is 35.5 Å². The molecule has 0 aromatic heterocycles. The van der Waals surface area contributed by atoms with E-state index in [0.29, 0.717) is 17.7 Å². The van der Waals surface area contributed by atoms with Gasteiger partial charge in [0.1, 0.15) is 5.75 Å². The Morgan fingerprint density at radius 2 is 1.74 bits per heavy atom. The van der Waals surface area contributed by atoms with E-state index in [2.05, 4.69) is 75.3 Å². The highest BCUT2D eigenvalue weighted by Gasteiger charge is 2.25. The third-order valence-corrected chi connectivity index (χ3v) is 5.47. The molecule has 1 saturated heterocycles. The van der Waals surface area contributed by atoms with Gasteiger partial charge in [-0.3, -0.25) is 4.90 Å². The molecule has 2 N–H and O–H groups in total. The van der Waals surface area contributed by atoms with Gasteiger partial charge in [-0.25, -0.2) is 0 Å². The van der Waals surface area contributed by atoms with Crippen molar-refractivity contribution < 1.29 is 5.11 Å². The first-order valence-corrected chi connectivity index (χ1v) is 9.77. The average Bonchev–Trinajstić information content (AvgIpc) is 2.45. The molecule has 2 rings (SSSR count). The smallest absolute Gasteiger partial charge is 0.133 e. The molecule has 0 saturated carbocycles. The zero-order chi connectivity index (χ0) is 15.4. The van der Waals surface area contributed by atoms with Crippen LogP contribution in [0.15, 0.2) is 12.1 Å². The van der Waals surface area contributed by atoms with Crippen molar-refractivity contribution in [3.63, 3.8) is 0 Å². The molecule has 1 heterocycles. The lowest BCUT2D eigenvalue weighted by Gasteiger charge is -2.36. The van der Waals surface area contributed by atoms with Gasteiger partial charge in [0.15, 0.2) is 0 Å². The van der Waals surface area contributed by atoms with Gasteiger partial charge in [-0.1, -0.05) is 13.8 Å². The van der Waals surface area contributed by atoms with Gasteiger partial charge in [-0.2, -0.15) is 0 Å². The summed E-state index contributed by atoms with van der Waals surface area (Å²) < 4.78 is 2.16. The van der Waals surface area contributed by atoms with E-state index in [-0.39, 0.29) is 24.8 Å². The number of nitrogens with zero attached hydrogens (tertiary/aromatic N) is 1. The highest BCUT2D eigenvalue weighted by molar-refractivity contribution is 14.1. The number of aromatic hydroxyl groups is 1. The predicted octanol–water partition coefficient (Wildman–Crippen LogP) is 4.83. The molecule has 1 aromatic rings. The molecule has 1 aliphatic rings. The van der Waals surface area contributed by atoms with E-state index >= 15 is 0 Å². The SMILES string of the molecule is CC(C)CC[C@H](c1cc(I)cc(I)c1O)N1CCNCC1.Cl.Cl.